The Bertz CT molecular complexity index is 73.7. The van der Waals surface area contributed by atoms with Gasteiger partial charge in [-0.1, -0.05) is 0 Å². The number of carbonyl (C=O) groups excluding carboxylic acids is 1. The van der Waals surface area contributed by atoms with Crippen LogP contribution in [0.25, 0.3) is 0 Å². The van der Waals surface area contributed by atoms with E-state index in [9.17, 15) is 0 Å². The molecule has 0 aromatic heterocycles. The van der Waals surface area contributed by atoms with Crippen LogP contribution in [0.15, 0.2) is 0 Å². The third kappa shape index (κ3) is 1320. The molecule has 0 aliphatic carbocycles. The van der Waals surface area contributed by atoms with Crippen molar-refractivity contribution in [2.75, 3.05) is 0 Å². The molecular formula is CCu2NO6+. The average molecular weight is 249 g/mol. The van der Waals surface area contributed by atoms with Gasteiger partial charge in [-0.2, -0.15) is 0 Å². The number of carbonyl (C=O) groups is 1. The van der Waals surface area contributed by atoms with Crippen LogP contribution in [-0.4, -0.2) is 11.2 Å². The SMILES string of the molecule is O=C([O-])[O-].O=[N+]([O-])[O-].[Cu+2].[Cu+2]. The van der Waals surface area contributed by atoms with Gasteiger partial charge in [0.05, 0.1) is 5.09 Å². The molecule has 0 N–H and O–H groups in total. The van der Waals surface area contributed by atoms with Crippen LogP contribution in [0.4, 0.5) is 4.79 Å². The topological polar surface area (TPSA) is 129 Å². The van der Waals surface area contributed by atoms with Crippen molar-refractivity contribution < 1.29 is 54.2 Å². The van der Waals surface area contributed by atoms with E-state index in [0.717, 1.165) is 0 Å². The summed E-state index contributed by atoms with van der Waals surface area (Å²) in [5, 5.41) is 31.4. The number of carboxylic acid groups (broad SMARTS) is 2. The van der Waals surface area contributed by atoms with Gasteiger partial charge in [0.15, 0.2) is 0 Å². The van der Waals surface area contributed by atoms with Crippen molar-refractivity contribution in [3.63, 3.8) is 0 Å². The monoisotopic (exact) mass is 248 g/mol. The molecule has 0 saturated heterocycles. The zero-order valence-electron chi connectivity index (χ0n) is 4.00. The third-order valence-corrected chi connectivity index (χ3v) is 0. The summed E-state index contributed by atoms with van der Waals surface area (Å²) in [5.41, 5.74) is 0. The van der Waals surface area contributed by atoms with Crippen LogP contribution >= 0.6 is 0 Å². The van der Waals surface area contributed by atoms with Gasteiger partial charge < -0.3 is 30.3 Å². The van der Waals surface area contributed by atoms with Crippen LogP contribution in [-0.2, 0) is 34.1 Å². The van der Waals surface area contributed by atoms with Crippen molar-refractivity contribution in [2.45, 2.75) is 0 Å². The van der Waals surface area contributed by atoms with Gasteiger partial charge in [-0.3, -0.25) is 0 Å². The van der Waals surface area contributed by atoms with Crippen LogP contribution < -0.4 is 10.2 Å². The smallest absolute Gasteiger partial charge is 0.652 e. The maximum atomic E-state index is 8.33. The molecular weight excluding hydrogens is 249 g/mol. The predicted molar refractivity (Wildman–Crippen MR) is 15.8 cm³/mol. The van der Waals surface area contributed by atoms with Gasteiger partial charge in [-0.15, -0.1) is 0 Å². The Balaban J connectivity index is -0.0000000300. The quantitative estimate of drug-likeness (QED) is 0.261. The van der Waals surface area contributed by atoms with Crippen LogP contribution in [0.1, 0.15) is 0 Å². The summed E-state index contributed by atoms with van der Waals surface area (Å²) in [7, 11) is 0. The molecule has 0 heterocycles. The minimum Gasteiger partial charge on any atom is -0.652 e. The molecule has 0 amide bonds. The molecule has 0 aliphatic rings. The van der Waals surface area contributed by atoms with E-state index in [2.05, 4.69) is 0 Å². The largest absolute Gasteiger partial charge is 2.00 e. The maximum absolute atomic E-state index is 8.33. The van der Waals surface area contributed by atoms with E-state index in [4.69, 9.17) is 30.3 Å². The Morgan fingerprint density at radius 1 is 1.10 bits per heavy atom. The van der Waals surface area contributed by atoms with Crippen molar-refractivity contribution in [1.82, 2.24) is 0 Å². The number of hydrogen-bond donors (Lipinski definition) is 0. The van der Waals surface area contributed by atoms with E-state index in [1.165, 1.54) is 0 Å². The summed E-state index contributed by atoms with van der Waals surface area (Å²) in [6, 6.07) is 0. The molecule has 0 bridgehead atoms. The fourth-order valence-corrected chi connectivity index (χ4v) is 0. The van der Waals surface area contributed by atoms with Gasteiger partial charge in [-0.25, -0.2) is 0 Å². The standard InChI is InChI=1S/CH2O3.2Cu.NO3/c2-1(3)4;;;2-1(3)4/h(H2,2,3,4);;;/q;2*+2;-1/p-2. The molecule has 0 aromatic carbocycles. The van der Waals surface area contributed by atoms with E-state index in [0.29, 0.717) is 0 Å². The zero-order valence-corrected chi connectivity index (χ0v) is 5.88. The summed E-state index contributed by atoms with van der Waals surface area (Å²) >= 11 is 0. The predicted octanol–water partition coefficient (Wildman–Crippen LogP) is -2.69. The molecule has 7 nitrogen and oxygen atoms in total. The summed E-state index contributed by atoms with van der Waals surface area (Å²) in [6.07, 6.45) is -2.33. The molecule has 0 fully saturated rings. The zero-order chi connectivity index (χ0) is 7.15. The normalized spacial score (nSPS) is 4.80. The molecule has 0 saturated carbocycles. The molecule has 0 rings (SSSR count). The molecule has 0 atom stereocenters. The first-order valence-electron chi connectivity index (χ1n) is 1.16. The molecule has 0 unspecified atom stereocenters. The van der Waals surface area contributed by atoms with Gasteiger partial charge in [0, 0.05) is 0 Å². The van der Waals surface area contributed by atoms with E-state index in [-0.39, 0.29) is 34.1 Å². The Morgan fingerprint density at radius 3 is 1.10 bits per heavy atom. The Hall–Kier alpha value is -0.491. The second-order valence-corrected chi connectivity index (χ2v) is 0.474. The van der Waals surface area contributed by atoms with Gasteiger partial charge >= 0.3 is 34.1 Å². The minimum absolute atomic E-state index is 0. The number of hydrogen-bond acceptors (Lipinski definition) is 6. The summed E-state index contributed by atoms with van der Waals surface area (Å²) < 4.78 is 0. The first-order chi connectivity index (χ1) is 3.46. The first kappa shape index (κ1) is 22.7. The summed E-state index contributed by atoms with van der Waals surface area (Å²) in [4.78, 5) is 16.6. The average Bonchev–Trinajstić information content (AvgIpc) is 1.25. The van der Waals surface area contributed by atoms with Crippen LogP contribution in [0.3, 0.4) is 0 Å². The van der Waals surface area contributed by atoms with Crippen molar-refractivity contribution in [3.05, 3.63) is 15.3 Å². The second kappa shape index (κ2) is 15.8. The second-order valence-electron chi connectivity index (χ2n) is 0.474. The molecule has 0 aromatic rings. The summed E-state index contributed by atoms with van der Waals surface area (Å²) in [5.74, 6) is 0. The van der Waals surface area contributed by atoms with E-state index >= 15 is 0 Å². The fraction of sp³-hybridized carbons (Fsp3) is 0. The van der Waals surface area contributed by atoms with Crippen molar-refractivity contribution >= 4 is 6.16 Å². The first-order valence-corrected chi connectivity index (χ1v) is 1.16. The van der Waals surface area contributed by atoms with Crippen molar-refractivity contribution in [1.29, 1.82) is 0 Å². The summed E-state index contributed by atoms with van der Waals surface area (Å²) in [6.45, 7) is 0. The molecule has 0 aliphatic heterocycles. The number of nitrogens with zero attached hydrogens (tertiary/aromatic N) is 1. The Morgan fingerprint density at radius 2 is 1.10 bits per heavy atom. The van der Waals surface area contributed by atoms with Gasteiger partial charge in [0.25, 0.3) is 0 Å². The Labute approximate surface area is 76.1 Å². The molecule has 9 heteroatoms. The van der Waals surface area contributed by atoms with Crippen molar-refractivity contribution in [3.8, 4) is 0 Å². The van der Waals surface area contributed by atoms with Gasteiger partial charge in [0.2, 0.25) is 0 Å². The van der Waals surface area contributed by atoms with Gasteiger partial charge in [-0.05, 0) is 6.16 Å². The van der Waals surface area contributed by atoms with E-state index in [1.54, 1.807) is 0 Å². The van der Waals surface area contributed by atoms with Gasteiger partial charge in [0.1, 0.15) is 0 Å². The molecule has 0 spiro atoms. The maximum Gasteiger partial charge on any atom is 2.00 e. The van der Waals surface area contributed by atoms with E-state index < -0.39 is 11.2 Å². The van der Waals surface area contributed by atoms with Crippen LogP contribution in [0.5, 0.6) is 0 Å². The fourth-order valence-electron chi connectivity index (χ4n) is 0. The Kier molecular flexibility index (Phi) is 35.9. The van der Waals surface area contributed by atoms with Crippen LogP contribution in [0.2, 0.25) is 0 Å². The van der Waals surface area contributed by atoms with Crippen molar-refractivity contribution in [2.24, 2.45) is 0 Å². The molecule has 66 valence electrons. The number of rotatable bonds is 0. The molecule has 10 heavy (non-hydrogen) atoms. The minimum atomic E-state index is -2.33. The third-order valence-electron chi connectivity index (χ3n) is 0. The van der Waals surface area contributed by atoms with E-state index in [1.807, 2.05) is 0 Å². The van der Waals surface area contributed by atoms with Crippen LogP contribution in [0, 0.1) is 15.3 Å². The molecule has 2 radical (unpaired) electrons.